The Morgan fingerprint density at radius 2 is 2.15 bits per heavy atom. The van der Waals surface area contributed by atoms with E-state index in [1.807, 2.05) is 26.1 Å². The maximum atomic E-state index is 12.0. The molecule has 0 radical (unpaired) electrons. The van der Waals surface area contributed by atoms with E-state index in [-0.39, 0.29) is 11.9 Å². The van der Waals surface area contributed by atoms with Crippen LogP contribution in [0.5, 0.6) is 0 Å². The van der Waals surface area contributed by atoms with Crippen molar-refractivity contribution in [1.29, 1.82) is 0 Å². The number of anilines is 2. The molecule has 0 saturated heterocycles. The number of benzene rings is 1. The van der Waals surface area contributed by atoms with Crippen molar-refractivity contribution >= 4 is 28.9 Å². The molecule has 1 amide bonds. The summed E-state index contributed by atoms with van der Waals surface area (Å²) in [5, 5.41) is 6.79. The van der Waals surface area contributed by atoms with E-state index in [9.17, 15) is 4.79 Å². The van der Waals surface area contributed by atoms with Gasteiger partial charge in [-0.1, -0.05) is 25.4 Å². The predicted molar refractivity (Wildman–Crippen MR) is 84.7 cm³/mol. The van der Waals surface area contributed by atoms with Gasteiger partial charge in [-0.05, 0) is 32.0 Å². The van der Waals surface area contributed by atoms with E-state index < -0.39 is 0 Å². The minimum atomic E-state index is -0.296. The van der Waals surface area contributed by atoms with Gasteiger partial charge in [0.1, 0.15) is 6.04 Å². The number of carbonyl (C=O) groups excluding carboxylic acids is 1. The first-order valence-electron chi connectivity index (χ1n) is 7.10. The molecule has 1 aliphatic rings. The van der Waals surface area contributed by atoms with Crippen LogP contribution < -0.4 is 15.5 Å². The quantitative estimate of drug-likeness (QED) is 0.877. The Morgan fingerprint density at radius 3 is 2.75 bits per heavy atom. The normalized spacial score (nSPS) is 18.6. The van der Waals surface area contributed by atoms with Crippen molar-refractivity contribution in [1.82, 2.24) is 5.32 Å². The average molecular weight is 296 g/mol. The molecule has 1 heterocycles. The Hall–Kier alpha value is -1.26. The highest BCUT2D eigenvalue weighted by Gasteiger charge is 2.31. The van der Waals surface area contributed by atoms with Crippen LogP contribution >= 0.6 is 11.6 Å². The third-order valence-electron chi connectivity index (χ3n) is 3.99. The minimum Gasteiger partial charge on any atom is -0.371 e. The number of hydrogen-bond donors (Lipinski definition) is 2. The largest absolute Gasteiger partial charge is 0.371 e. The summed E-state index contributed by atoms with van der Waals surface area (Å²) >= 11 is 6.41. The van der Waals surface area contributed by atoms with E-state index in [0.717, 1.165) is 29.9 Å². The zero-order valence-electron chi connectivity index (χ0n) is 12.5. The molecule has 0 aliphatic carbocycles. The first-order chi connectivity index (χ1) is 9.49. The van der Waals surface area contributed by atoms with Crippen molar-refractivity contribution in [3.8, 4) is 0 Å². The number of rotatable bonds is 5. The second-order valence-corrected chi connectivity index (χ2v) is 5.65. The van der Waals surface area contributed by atoms with Gasteiger partial charge in [0.15, 0.2) is 0 Å². The second kappa shape index (κ2) is 6.02. The number of nitrogens with zero attached hydrogens (tertiary/aromatic N) is 1. The lowest BCUT2D eigenvalue weighted by Crippen LogP contribution is -2.28. The summed E-state index contributed by atoms with van der Waals surface area (Å²) in [7, 11) is 2.03. The van der Waals surface area contributed by atoms with E-state index in [0.29, 0.717) is 11.1 Å². The molecule has 0 saturated carbocycles. The Balaban J connectivity index is 2.38. The fraction of sp³-hybridized carbons (Fsp3) is 0.533. The van der Waals surface area contributed by atoms with Gasteiger partial charge in [-0.2, -0.15) is 0 Å². The molecule has 1 aromatic carbocycles. The van der Waals surface area contributed by atoms with Crippen molar-refractivity contribution in [2.75, 3.05) is 23.8 Å². The maximum absolute atomic E-state index is 12.0. The highest BCUT2D eigenvalue weighted by Crippen LogP contribution is 2.39. The van der Waals surface area contributed by atoms with E-state index in [2.05, 4.69) is 29.4 Å². The summed E-state index contributed by atoms with van der Waals surface area (Å²) in [6, 6.07) is 3.97. The molecule has 0 fully saturated rings. The average Bonchev–Trinajstić information content (AvgIpc) is 2.73. The van der Waals surface area contributed by atoms with Gasteiger partial charge in [-0.15, -0.1) is 0 Å². The summed E-state index contributed by atoms with van der Waals surface area (Å²) in [6.07, 6.45) is 1.04. The molecule has 2 atom stereocenters. The molecule has 2 N–H and O–H groups in total. The fourth-order valence-corrected chi connectivity index (χ4v) is 2.76. The number of carbonyl (C=O) groups is 1. The van der Waals surface area contributed by atoms with E-state index in [1.165, 1.54) is 0 Å². The molecular formula is C15H22ClN3O. The van der Waals surface area contributed by atoms with Crippen LogP contribution in [0, 0.1) is 0 Å². The van der Waals surface area contributed by atoms with Gasteiger partial charge in [0, 0.05) is 24.3 Å². The first kappa shape index (κ1) is 15.1. The van der Waals surface area contributed by atoms with Crippen LogP contribution in [-0.4, -0.2) is 25.5 Å². The predicted octanol–water partition coefficient (Wildman–Crippen LogP) is 3.18. The molecule has 1 aliphatic heterocycles. The SMILES string of the molecule is CCNC1C(=O)Nc2cc(N(C)C(C)CC)c(Cl)cc21. The number of fused-ring (bicyclic) bond motifs is 1. The molecule has 2 unspecified atom stereocenters. The van der Waals surface area contributed by atoms with E-state index in [1.54, 1.807) is 0 Å². The van der Waals surface area contributed by atoms with Gasteiger partial charge in [0.05, 0.1) is 10.7 Å². The third kappa shape index (κ3) is 2.63. The highest BCUT2D eigenvalue weighted by molar-refractivity contribution is 6.33. The number of nitrogens with one attached hydrogen (secondary N) is 2. The van der Waals surface area contributed by atoms with Gasteiger partial charge in [0.2, 0.25) is 5.91 Å². The zero-order chi connectivity index (χ0) is 14.9. The number of halogens is 1. The lowest BCUT2D eigenvalue weighted by Gasteiger charge is -2.27. The molecule has 0 bridgehead atoms. The van der Waals surface area contributed by atoms with Crippen molar-refractivity contribution in [3.63, 3.8) is 0 Å². The van der Waals surface area contributed by atoms with Crippen LogP contribution in [0.25, 0.3) is 0 Å². The number of likely N-dealkylation sites (N-methyl/N-ethyl adjacent to an activating group) is 1. The van der Waals surface area contributed by atoms with Gasteiger partial charge in [-0.25, -0.2) is 0 Å². The Bertz CT molecular complexity index is 518. The summed E-state index contributed by atoms with van der Waals surface area (Å²) in [5.41, 5.74) is 2.75. The summed E-state index contributed by atoms with van der Waals surface area (Å²) in [6.45, 7) is 7.02. The van der Waals surface area contributed by atoms with Crippen molar-refractivity contribution in [2.45, 2.75) is 39.3 Å². The molecule has 1 aromatic rings. The van der Waals surface area contributed by atoms with Gasteiger partial charge >= 0.3 is 0 Å². The smallest absolute Gasteiger partial charge is 0.246 e. The topological polar surface area (TPSA) is 44.4 Å². The fourth-order valence-electron chi connectivity index (χ4n) is 2.46. The minimum absolute atomic E-state index is 0.0127. The molecule has 20 heavy (non-hydrogen) atoms. The zero-order valence-corrected chi connectivity index (χ0v) is 13.2. The Morgan fingerprint density at radius 1 is 1.45 bits per heavy atom. The molecule has 0 aromatic heterocycles. The van der Waals surface area contributed by atoms with Gasteiger partial charge in [0.25, 0.3) is 0 Å². The van der Waals surface area contributed by atoms with Gasteiger partial charge in [-0.3, -0.25) is 4.79 Å². The second-order valence-electron chi connectivity index (χ2n) is 5.24. The number of hydrogen-bond acceptors (Lipinski definition) is 3. The van der Waals surface area contributed by atoms with Crippen LogP contribution in [0.15, 0.2) is 12.1 Å². The van der Waals surface area contributed by atoms with E-state index >= 15 is 0 Å². The standard InChI is InChI=1S/C15H22ClN3O/c1-5-9(3)19(4)13-8-12-10(7-11(13)16)14(17-6-2)15(20)18-12/h7-9,14,17H,5-6H2,1-4H3,(H,18,20). The Kier molecular flexibility index (Phi) is 4.55. The third-order valence-corrected chi connectivity index (χ3v) is 4.29. The van der Waals surface area contributed by atoms with Gasteiger partial charge < -0.3 is 15.5 Å². The lowest BCUT2D eigenvalue weighted by molar-refractivity contribution is -0.117. The molecule has 0 spiro atoms. The highest BCUT2D eigenvalue weighted by atomic mass is 35.5. The molecule has 110 valence electrons. The van der Waals surface area contributed by atoms with Crippen LogP contribution in [-0.2, 0) is 4.79 Å². The Labute approximate surface area is 125 Å². The monoisotopic (exact) mass is 295 g/mol. The van der Waals surface area contributed by atoms with Crippen molar-refractivity contribution in [3.05, 3.63) is 22.7 Å². The van der Waals surface area contributed by atoms with Crippen LogP contribution in [0.3, 0.4) is 0 Å². The molecule has 4 nitrogen and oxygen atoms in total. The molecule has 5 heteroatoms. The van der Waals surface area contributed by atoms with Crippen LogP contribution in [0.2, 0.25) is 5.02 Å². The maximum Gasteiger partial charge on any atom is 0.246 e. The summed E-state index contributed by atoms with van der Waals surface area (Å²) < 4.78 is 0. The van der Waals surface area contributed by atoms with Crippen LogP contribution in [0.1, 0.15) is 38.8 Å². The van der Waals surface area contributed by atoms with Crippen molar-refractivity contribution in [2.24, 2.45) is 0 Å². The first-order valence-corrected chi connectivity index (χ1v) is 7.47. The van der Waals surface area contributed by atoms with E-state index in [4.69, 9.17) is 11.6 Å². The lowest BCUT2D eigenvalue weighted by atomic mass is 10.1. The van der Waals surface area contributed by atoms with Crippen LogP contribution in [0.4, 0.5) is 11.4 Å². The molecular weight excluding hydrogens is 274 g/mol. The number of amides is 1. The van der Waals surface area contributed by atoms with Crippen molar-refractivity contribution < 1.29 is 4.79 Å². The summed E-state index contributed by atoms with van der Waals surface area (Å²) in [4.78, 5) is 14.1. The summed E-state index contributed by atoms with van der Waals surface area (Å²) in [5.74, 6) is -0.0127. The molecule has 2 rings (SSSR count).